The Balaban J connectivity index is 1.90. The van der Waals surface area contributed by atoms with E-state index in [4.69, 9.17) is 0 Å². The zero-order chi connectivity index (χ0) is 10.5. The molecule has 2 aliphatic rings. The second-order valence-corrected chi connectivity index (χ2v) is 4.42. The topological polar surface area (TPSA) is 17.1 Å². The molecule has 0 amide bonds. The Labute approximate surface area is 91.6 Å². The second kappa shape index (κ2) is 5.11. The Morgan fingerprint density at radius 2 is 1.93 bits per heavy atom. The molecule has 0 spiro atoms. The number of hydrogen-bond acceptors (Lipinski definition) is 1. The minimum absolute atomic E-state index is 0.154. The summed E-state index contributed by atoms with van der Waals surface area (Å²) < 4.78 is 0. The van der Waals surface area contributed by atoms with Crippen molar-refractivity contribution in [3.8, 4) is 0 Å². The molecule has 0 saturated carbocycles. The van der Waals surface area contributed by atoms with Crippen LogP contribution in [0.5, 0.6) is 0 Å². The molecule has 0 aromatic rings. The maximum atomic E-state index is 11.5. The molecule has 80 valence electrons. The van der Waals surface area contributed by atoms with Gasteiger partial charge in [-0.25, -0.2) is 0 Å². The standard InChI is InChI=1S/C14H18O/c15-14-9-5-4-8-13(14)11-10-12-6-2-1-3-7-12/h1-2,5,9-13H,3-4,6-8H2. The minimum atomic E-state index is 0.154. The Morgan fingerprint density at radius 1 is 1.07 bits per heavy atom. The zero-order valence-corrected chi connectivity index (χ0v) is 9.06. The van der Waals surface area contributed by atoms with E-state index in [9.17, 15) is 4.79 Å². The number of carbonyl (C=O) groups excluding carboxylic acids is 1. The number of carbonyl (C=O) groups is 1. The van der Waals surface area contributed by atoms with Crippen LogP contribution < -0.4 is 0 Å². The van der Waals surface area contributed by atoms with Crippen molar-refractivity contribution in [2.75, 3.05) is 0 Å². The van der Waals surface area contributed by atoms with Crippen LogP contribution >= 0.6 is 0 Å². The summed E-state index contributed by atoms with van der Waals surface area (Å²) in [6.45, 7) is 0. The van der Waals surface area contributed by atoms with Gasteiger partial charge in [0.25, 0.3) is 0 Å². The van der Waals surface area contributed by atoms with E-state index in [1.165, 1.54) is 12.8 Å². The fourth-order valence-electron chi connectivity index (χ4n) is 2.22. The predicted octanol–water partition coefficient (Wildman–Crippen LogP) is 3.43. The summed E-state index contributed by atoms with van der Waals surface area (Å²) in [6, 6.07) is 0. The first-order valence-electron chi connectivity index (χ1n) is 5.90. The lowest BCUT2D eigenvalue weighted by Crippen LogP contribution is -2.13. The van der Waals surface area contributed by atoms with Gasteiger partial charge in [0, 0.05) is 5.92 Å². The van der Waals surface area contributed by atoms with Gasteiger partial charge in [-0.2, -0.15) is 0 Å². The van der Waals surface area contributed by atoms with Gasteiger partial charge in [0.2, 0.25) is 0 Å². The average molecular weight is 202 g/mol. The maximum Gasteiger partial charge on any atom is 0.162 e. The number of rotatable bonds is 2. The highest BCUT2D eigenvalue weighted by atomic mass is 16.1. The minimum Gasteiger partial charge on any atom is -0.294 e. The first-order valence-corrected chi connectivity index (χ1v) is 5.90. The van der Waals surface area contributed by atoms with Crippen LogP contribution in [0.3, 0.4) is 0 Å². The van der Waals surface area contributed by atoms with Gasteiger partial charge >= 0.3 is 0 Å². The summed E-state index contributed by atoms with van der Waals surface area (Å²) in [5.74, 6) is 1.10. The fraction of sp³-hybridized carbons (Fsp3) is 0.500. The average Bonchev–Trinajstić information content (AvgIpc) is 2.29. The molecule has 0 aliphatic heterocycles. The van der Waals surface area contributed by atoms with E-state index < -0.39 is 0 Å². The Bertz CT molecular complexity index is 309. The van der Waals surface area contributed by atoms with Crippen LogP contribution in [0.4, 0.5) is 0 Å². The molecule has 2 rings (SSSR count). The number of hydrogen-bond donors (Lipinski definition) is 0. The predicted molar refractivity (Wildman–Crippen MR) is 62.5 cm³/mol. The lowest BCUT2D eigenvalue weighted by molar-refractivity contribution is -0.117. The van der Waals surface area contributed by atoms with Gasteiger partial charge in [-0.3, -0.25) is 4.79 Å². The molecule has 0 radical (unpaired) electrons. The molecule has 15 heavy (non-hydrogen) atoms. The van der Waals surface area contributed by atoms with Crippen molar-refractivity contribution < 1.29 is 4.79 Å². The highest BCUT2D eigenvalue weighted by Crippen LogP contribution is 2.22. The monoisotopic (exact) mass is 202 g/mol. The lowest BCUT2D eigenvalue weighted by Gasteiger charge is -2.16. The van der Waals surface area contributed by atoms with Crippen molar-refractivity contribution in [2.24, 2.45) is 11.8 Å². The molecule has 1 nitrogen and oxygen atoms in total. The van der Waals surface area contributed by atoms with Gasteiger partial charge in [0.15, 0.2) is 5.78 Å². The first kappa shape index (κ1) is 10.4. The van der Waals surface area contributed by atoms with E-state index in [-0.39, 0.29) is 11.7 Å². The normalized spacial score (nSPS) is 31.3. The molecular weight excluding hydrogens is 184 g/mol. The lowest BCUT2D eigenvalue weighted by atomic mass is 9.89. The Kier molecular flexibility index (Phi) is 3.54. The fourth-order valence-corrected chi connectivity index (χ4v) is 2.22. The van der Waals surface area contributed by atoms with Gasteiger partial charge in [-0.05, 0) is 44.1 Å². The summed E-state index contributed by atoms with van der Waals surface area (Å²) in [7, 11) is 0. The largest absolute Gasteiger partial charge is 0.294 e. The van der Waals surface area contributed by atoms with E-state index in [0.717, 1.165) is 19.3 Å². The molecule has 0 fully saturated rings. The van der Waals surface area contributed by atoms with Gasteiger partial charge in [0.05, 0.1) is 0 Å². The highest BCUT2D eigenvalue weighted by Gasteiger charge is 2.15. The van der Waals surface area contributed by atoms with Crippen LogP contribution in [-0.4, -0.2) is 5.78 Å². The third-order valence-corrected chi connectivity index (χ3v) is 3.22. The van der Waals surface area contributed by atoms with Crippen molar-refractivity contribution in [3.63, 3.8) is 0 Å². The molecule has 0 saturated heterocycles. The van der Waals surface area contributed by atoms with Crippen LogP contribution in [0.15, 0.2) is 36.5 Å². The van der Waals surface area contributed by atoms with Crippen molar-refractivity contribution in [2.45, 2.75) is 32.1 Å². The molecule has 2 atom stereocenters. The third-order valence-electron chi connectivity index (χ3n) is 3.22. The van der Waals surface area contributed by atoms with Crippen molar-refractivity contribution in [3.05, 3.63) is 36.5 Å². The van der Waals surface area contributed by atoms with Gasteiger partial charge < -0.3 is 0 Å². The van der Waals surface area contributed by atoms with E-state index >= 15 is 0 Å². The summed E-state index contributed by atoms with van der Waals surface area (Å²) in [5.41, 5.74) is 0. The second-order valence-electron chi connectivity index (χ2n) is 4.42. The molecule has 2 unspecified atom stereocenters. The van der Waals surface area contributed by atoms with E-state index in [2.05, 4.69) is 24.3 Å². The number of allylic oxidation sites excluding steroid dienone is 6. The van der Waals surface area contributed by atoms with Gasteiger partial charge in [-0.1, -0.05) is 30.4 Å². The molecule has 0 N–H and O–H groups in total. The summed E-state index contributed by atoms with van der Waals surface area (Å²) in [5, 5.41) is 0. The molecular formula is C14H18O. The highest BCUT2D eigenvalue weighted by molar-refractivity contribution is 5.93. The van der Waals surface area contributed by atoms with E-state index in [0.29, 0.717) is 5.92 Å². The van der Waals surface area contributed by atoms with E-state index in [1.807, 2.05) is 6.08 Å². The number of ketones is 1. The van der Waals surface area contributed by atoms with Crippen LogP contribution in [0.25, 0.3) is 0 Å². The zero-order valence-electron chi connectivity index (χ0n) is 9.06. The molecule has 2 aliphatic carbocycles. The molecule has 1 heteroatoms. The summed E-state index contributed by atoms with van der Waals surface area (Å²) >= 11 is 0. The molecule has 0 aromatic heterocycles. The Morgan fingerprint density at radius 3 is 2.67 bits per heavy atom. The van der Waals surface area contributed by atoms with Crippen LogP contribution in [-0.2, 0) is 4.79 Å². The van der Waals surface area contributed by atoms with Crippen molar-refractivity contribution >= 4 is 5.78 Å². The quantitative estimate of drug-likeness (QED) is 0.627. The van der Waals surface area contributed by atoms with Crippen LogP contribution in [0.2, 0.25) is 0 Å². The van der Waals surface area contributed by atoms with Crippen molar-refractivity contribution in [1.29, 1.82) is 0 Å². The molecule has 0 aromatic carbocycles. The van der Waals surface area contributed by atoms with Gasteiger partial charge in [0.1, 0.15) is 0 Å². The van der Waals surface area contributed by atoms with Crippen molar-refractivity contribution in [1.82, 2.24) is 0 Å². The molecule has 0 bridgehead atoms. The Hall–Kier alpha value is -1.11. The van der Waals surface area contributed by atoms with Crippen LogP contribution in [0, 0.1) is 11.8 Å². The smallest absolute Gasteiger partial charge is 0.162 e. The van der Waals surface area contributed by atoms with E-state index in [1.54, 1.807) is 6.08 Å². The van der Waals surface area contributed by atoms with Gasteiger partial charge in [-0.15, -0.1) is 0 Å². The van der Waals surface area contributed by atoms with Crippen LogP contribution in [0.1, 0.15) is 32.1 Å². The summed E-state index contributed by atoms with van der Waals surface area (Å²) in [6.07, 6.45) is 18.2. The molecule has 0 heterocycles. The summed E-state index contributed by atoms with van der Waals surface area (Å²) in [4.78, 5) is 11.5. The SMILES string of the molecule is O=C1C=CCCC1C=CC1CC=CCC1. The first-order chi connectivity index (χ1) is 7.36. The third kappa shape index (κ3) is 2.92. The maximum absolute atomic E-state index is 11.5.